The van der Waals surface area contributed by atoms with Crippen molar-refractivity contribution in [2.24, 2.45) is 0 Å². The fourth-order valence-corrected chi connectivity index (χ4v) is 4.56. The molecular weight excluding hydrogens is 411 g/mol. The summed E-state index contributed by atoms with van der Waals surface area (Å²) in [4.78, 5) is 19.9. The molecule has 0 amide bonds. The van der Waals surface area contributed by atoms with Gasteiger partial charge in [0.1, 0.15) is 0 Å². The Hall–Kier alpha value is -2.59. The molecule has 3 rings (SSSR count). The van der Waals surface area contributed by atoms with Crippen molar-refractivity contribution in [3.05, 3.63) is 59.2 Å². The second-order valence-electron chi connectivity index (χ2n) is 6.54. The van der Waals surface area contributed by atoms with Crippen LogP contribution in [-0.4, -0.2) is 20.4 Å². The lowest BCUT2D eigenvalue weighted by molar-refractivity contribution is -0.213. The molecule has 0 aliphatic heterocycles. The Labute approximate surface area is 165 Å². The number of sulfonamides is 1. The van der Waals surface area contributed by atoms with Crippen molar-refractivity contribution in [1.82, 2.24) is 4.72 Å². The Morgan fingerprint density at radius 3 is 2.52 bits per heavy atom. The highest BCUT2D eigenvalue weighted by Gasteiger charge is 2.38. The minimum absolute atomic E-state index is 0.147. The van der Waals surface area contributed by atoms with E-state index in [0.717, 1.165) is 29.3 Å². The average molecular weight is 429 g/mol. The number of hydrogen-bond acceptors (Lipinski definition) is 5. The van der Waals surface area contributed by atoms with Gasteiger partial charge in [0, 0.05) is 12.5 Å². The number of hydrogen-bond donors (Lipinski definition) is 1. The highest BCUT2D eigenvalue weighted by molar-refractivity contribution is 7.89. The maximum Gasteiger partial charge on any atom is 0.417 e. The third-order valence-corrected chi connectivity index (χ3v) is 6.01. The minimum Gasteiger partial charge on any atom is -0.287 e. The van der Waals surface area contributed by atoms with E-state index in [1.807, 2.05) is 0 Å². The summed E-state index contributed by atoms with van der Waals surface area (Å²) in [7, 11) is -4.38. The second kappa shape index (κ2) is 8.03. The summed E-state index contributed by atoms with van der Waals surface area (Å²) in [5.41, 5.74) is 0.374. The molecule has 2 aromatic carbocycles. The van der Waals surface area contributed by atoms with Gasteiger partial charge in [-0.3, -0.25) is 9.78 Å². The zero-order valence-electron chi connectivity index (χ0n) is 15.3. The molecule has 0 radical (unpaired) electrons. The summed E-state index contributed by atoms with van der Waals surface area (Å²) >= 11 is 0. The molecule has 0 heterocycles. The normalized spacial score (nSPS) is 16.3. The van der Waals surface area contributed by atoms with E-state index in [1.54, 1.807) is 25.1 Å². The van der Waals surface area contributed by atoms with Crippen LogP contribution in [0.2, 0.25) is 0 Å². The summed E-state index contributed by atoms with van der Waals surface area (Å²) in [5, 5.41) is 0. The molecule has 1 aliphatic rings. The SMILES string of the molecule is CCC(=O)OOc1ccc2c(c1)CC(NS(=O)(=O)c1ccccc1C(F)(F)F)C2. The number of carbonyl (C=O) groups is 1. The molecule has 6 nitrogen and oxygen atoms in total. The molecule has 1 unspecified atom stereocenters. The first kappa shape index (κ1) is 21.1. The zero-order chi connectivity index (χ0) is 21.2. The summed E-state index contributed by atoms with van der Waals surface area (Å²) in [5.74, 6) is -0.268. The van der Waals surface area contributed by atoms with Crippen LogP contribution in [0.25, 0.3) is 0 Å². The first-order valence-electron chi connectivity index (χ1n) is 8.78. The van der Waals surface area contributed by atoms with Crippen LogP contribution in [0.4, 0.5) is 13.2 Å². The first-order chi connectivity index (χ1) is 13.6. The lowest BCUT2D eigenvalue weighted by Crippen LogP contribution is -2.36. The molecule has 0 spiro atoms. The van der Waals surface area contributed by atoms with E-state index < -0.39 is 38.7 Å². The second-order valence-corrected chi connectivity index (χ2v) is 8.23. The Kier molecular flexibility index (Phi) is 5.85. The molecule has 0 bridgehead atoms. The largest absolute Gasteiger partial charge is 0.417 e. The fraction of sp³-hybridized carbons (Fsp3) is 0.316. The van der Waals surface area contributed by atoms with E-state index in [0.29, 0.717) is 6.42 Å². The van der Waals surface area contributed by atoms with Crippen molar-refractivity contribution >= 4 is 16.0 Å². The third kappa shape index (κ3) is 4.88. The number of halogens is 3. The number of fused-ring (bicyclic) bond motifs is 1. The molecule has 1 aliphatic carbocycles. The highest BCUT2D eigenvalue weighted by atomic mass is 32.2. The fourth-order valence-electron chi connectivity index (χ4n) is 3.10. The standard InChI is InChI=1S/C19H18F3NO5S/c1-2-18(24)28-27-15-8-7-12-9-14(10-13(12)11-15)23-29(25,26)17-6-4-3-5-16(17)19(20,21)22/h3-8,11,14,23H,2,9-10H2,1H3. The van der Waals surface area contributed by atoms with E-state index in [4.69, 9.17) is 4.89 Å². The Morgan fingerprint density at radius 1 is 1.14 bits per heavy atom. The van der Waals surface area contributed by atoms with Gasteiger partial charge in [0.25, 0.3) is 0 Å². The van der Waals surface area contributed by atoms with Gasteiger partial charge in [-0.05, 0) is 48.2 Å². The summed E-state index contributed by atoms with van der Waals surface area (Å²) in [6.45, 7) is 1.61. The maximum absolute atomic E-state index is 13.2. The van der Waals surface area contributed by atoms with Crippen LogP contribution >= 0.6 is 0 Å². The summed E-state index contributed by atoms with van der Waals surface area (Å²) in [6, 6.07) is 8.32. The van der Waals surface area contributed by atoms with E-state index >= 15 is 0 Å². The monoisotopic (exact) mass is 429 g/mol. The van der Waals surface area contributed by atoms with E-state index in [1.165, 1.54) is 6.07 Å². The molecule has 29 heavy (non-hydrogen) atoms. The van der Waals surface area contributed by atoms with Crippen LogP contribution in [-0.2, 0) is 38.7 Å². The van der Waals surface area contributed by atoms with E-state index in [2.05, 4.69) is 9.61 Å². The number of nitrogens with one attached hydrogen (secondary N) is 1. The zero-order valence-corrected chi connectivity index (χ0v) is 16.1. The van der Waals surface area contributed by atoms with Crippen molar-refractivity contribution in [3.63, 3.8) is 0 Å². The van der Waals surface area contributed by atoms with Crippen molar-refractivity contribution in [2.45, 2.75) is 43.3 Å². The van der Waals surface area contributed by atoms with Crippen LogP contribution in [0, 0.1) is 0 Å². The molecule has 0 fully saturated rings. The van der Waals surface area contributed by atoms with Crippen molar-refractivity contribution in [1.29, 1.82) is 0 Å². The van der Waals surface area contributed by atoms with Gasteiger partial charge in [-0.1, -0.05) is 25.1 Å². The number of rotatable bonds is 6. The highest BCUT2D eigenvalue weighted by Crippen LogP contribution is 2.34. The van der Waals surface area contributed by atoms with Crippen LogP contribution in [0.15, 0.2) is 47.4 Å². The van der Waals surface area contributed by atoms with Crippen LogP contribution in [0.5, 0.6) is 5.75 Å². The quantitative estimate of drug-likeness (QED) is 0.562. The smallest absolute Gasteiger partial charge is 0.287 e. The number of alkyl halides is 3. The molecular formula is C19H18F3NO5S. The predicted molar refractivity (Wildman–Crippen MR) is 96.4 cm³/mol. The molecule has 0 saturated carbocycles. The minimum atomic E-state index is -4.79. The summed E-state index contributed by atoms with van der Waals surface area (Å²) < 4.78 is 67.0. The van der Waals surface area contributed by atoms with Gasteiger partial charge in [-0.15, -0.1) is 0 Å². The van der Waals surface area contributed by atoms with Gasteiger partial charge >= 0.3 is 12.1 Å². The number of benzene rings is 2. The molecule has 1 atom stereocenters. The summed E-state index contributed by atoms with van der Waals surface area (Å²) in [6.07, 6.45) is -4.06. The first-order valence-corrected chi connectivity index (χ1v) is 10.3. The average Bonchev–Trinajstić information content (AvgIpc) is 3.06. The van der Waals surface area contributed by atoms with Crippen LogP contribution in [0.1, 0.15) is 30.0 Å². The van der Waals surface area contributed by atoms with Crippen molar-refractivity contribution in [2.75, 3.05) is 0 Å². The molecule has 0 saturated heterocycles. The molecule has 156 valence electrons. The van der Waals surface area contributed by atoms with Gasteiger partial charge in [-0.2, -0.15) is 13.2 Å². The van der Waals surface area contributed by atoms with Gasteiger partial charge < -0.3 is 0 Å². The van der Waals surface area contributed by atoms with Gasteiger partial charge in [-0.25, -0.2) is 17.9 Å². The van der Waals surface area contributed by atoms with Crippen molar-refractivity contribution < 1.29 is 36.2 Å². The van der Waals surface area contributed by atoms with E-state index in [9.17, 15) is 26.4 Å². The Balaban J connectivity index is 1.74. The van der Waals surface area contributed by atoms with Gasteiger partial charge in [0.2, 0.25) is 10.0 Å². The molecule has 10 heteroatoms. The Bertz CT molecular complexity index is 1020. The topological polar surface area (TPSA) is 81.7 Å². The predicted octanol–water partition coefficient (Wildman–Crippen LogP) is 3.40. The van der Waals surface area contributed by atoms with Crippen LogP contribution in [0.3, 0.4) is 0 Å². The lowest BCUT2D eigenvalue weighted by Gasteiger charge is -2.16. The Morgan fingerprint density at radius 2 is 1.83 bits per heavy atom. The number of carbonyl (C=O) groups excluding carboxylic acids is 1. The third-order valence-electron chi connectivity index (χ3n) is 4.43. The molecule has 0 aromatic heterocycles. The lowest BCUT2D eigenvalue weighted by atomic mass is 10.1. The van der Waals surface area contributed by atoms with Crippen LogP contribution < -0.4 is 9.61 Å². The van der Waals surface area contributed by atoms with Gasteiger partial charge in [0.15, 0.2) is 5.75 Å². The van der Waals surface area contributed by atoms with Gasteiger partial charge in [0.05, 0.1) is 10.5 Å². The molecule has 2 aromatic rings. The molecule has 1 N–H and O–H groups in total. The van der Waals surface area contributed by atoms with E-state index in [-0.39, 0.29) is 18.6 Å². The maximum atomic E-state index is 13.2. The van der Waals surface area contributed by atoms with Crippen molar-refractivity contribution in [3.8, 4) is 5.75 Å².